The van der Waals surface area contributed by atoms with E-state index in [0.717, 1.165) is 32.6 Å². The Morgan fingerprint density at radius 1 is 0.667 bits per heavy atom. The summed E-state index contributed by atoms with van der Waals surface area (Å²) in [7, 11) is 1.95. The first kappa shape index (κ1) is 25.8. The standard InChI is InChI=1S/C12H27NO3.C3H8.C2H6/c1-3-4-7-14-9-11-16-12-10-15-8-5-6-13-2;1-3-2;1-2/h13H,3-12H2,1-2H3;3H2,1-2H3;1-2H3. The van der Waals surface area contributed by atoms with Crippen molar-refractivity contribution in [2.45, 2.75) is 60.3 Å². The van der Waals surface area contributed by atoms with Gasteiger partial charge in [-0.05, 0) is 26.4 Å². The van der Waals surface area contributed by atoms with Gasteiger partial charge in [0, 0.05) is 13.2 Å². The first-order chi connectivity index (χ1) is 10.3. The summed E-state index contributed by atoms with van der Waals surface area (Å²) in [4.78, 5) is 0. The van der Waals surface area contributed by atoms with Crippen molar-refractivity contribution in [1.29, 1.82) is 0 Å². The Morgan fingerprint density at radius 2 is 1.05 bits per heavy atom. The second-order valence-corrected chi connectivity index (χ2v) is 4.35. The van der Waals surface area contributed by atoms with Crippen LogP contribution in [-0.2, 0) is 14.2 Å². The lowest BCUT2D eigenvalue weighted by Gasteiger charge is -2.06. The van der Waals surface area contributed by atoms with Gasteiger partial charge in [-0.1, -0.05) is 47.5 Å². The zero-order valence-corrected chi connectivity index (χ0v) is 15.5. The average Bonchev–Trinajstić information content (AvgIpc) is 2.51. The topological polar surface area (TPSA) is 39.7 Å². The van der Waals surface area contributed by atoms with Crippen molar-refractivity contribution in [2.75, 3.05) is 53.2 Å². The zero-order chi connectivity index (χ0) is 16.6. The summed E-state index contributed by atoms with van der Waals surface area (Å²) in [6.45, 7) is 15.8. The molecule has 0 unspecified atom stereocenters. The van der Waals surface area contributed by atoms with E-state index in [1.807, 2.05) is 20.9 Å². The predicted molar refractivity (Wildman–Crippen MR) is 93.2 cm³/mol. The molecule has 0 spiro atoms. The van der Waals surface area contributed by atoms with Crippen LogP contribution in [0.1, 0.15) is 60.3 Å². The first-order valence-corrected chi connectivity index (χ1v) is 8.71. The molecule has 0 heterocycles. The maximum atomic E-state index is 5.38. The minimum absolute atomic E-state index is 0.663. The Labute approximate surface area is 133 Å². The molecule has 0 aliphatic rings. The number of nitrogens with one attached hydrogen (secondary N) is 1. The van der Waals surface area contributed by atoms with Crippen LogP contribution in [0.15, 0.2) is 0 Å². The Kier molecular flexibility index (Phi) is 39.2. The highest BCUT2D eigenvalue weighted by Gasteiger charge is 1.91. The SMILES string of the molecule is CC.CCC.CCCCOCCOCCOCCCNC. The van der Waals surface area contributed by atoms with Crippen molar-refractivity contribution in [3.05, 3.63) is 0 Å². The molecule has 0 atom stereocenters. The van der Waals surface area contributed by atoms with Crippen LogP contribution in [0, 0.1) is 0 Å². The van der Waals surface area contributed by atoms with E-state index < -0.39 is 0 Å². The molecule has 0 rings (SSSR count). The molecule has 0 fully saturated rings. The van der Waals surface area contributed by atoms with Gasteiger partial charge < -0.3 is 19.5 Å². The summed E-state index contributed by atoms with van der Waals surface area (Å²) in [6.07, 6.45) is 4.62. The molecule has 4 nitrogen and oxygen atoms in total. The van der Waals surface area contributed by atoms with Crippen molar-refractivity contribution in [2.24, 2.45) is 0 Å². The third-order valence-electron chi connectivity index (χ3n) is 2.10. The van der Waals surface area contributed by atoms with Crippen LogP contribution in [0.3, 0.4) is 0 Å². The van der Waals surface area contributed by atoms with Gasteiger partial charge in [-0.25, -0.2) is 0 Å². The van der Waals surface area contributed by atoms with Gasteiger partial charge in [-0.3, -0.25) is 0 Å². The molecule has 21 heavy (non-hydrogen) atoms. The van der Waals surface area contributed by atoms with Gasteiger partial charge in [0.2, 0.25) is 0 Å². The van der Waals surface area contributed by atoms with Gasteiger partial charge in [0.25, 0.3) is 0 Å². The van der Waals surface area contributed by atoms with Crippen molar-refractivity contribution in [3.8, 4) is 0 Å². The fourth-order valence-electron chi connectivity index (χ4n) is 1.14. The maximum Gasteiger partial charge on any atom is 0.0701 e. The van der Waals surface area contributed by atoms with E-state index in [0.29, 0.717) is 26.4 Å². The highest BCUT2D eigenvalue weighted by molar-refractivity contribution is 4.40. The van der Waals surface area contributed by atoms with Gasteiger partial charge >= 0.3 is 0 Å². The molecule has 0 radical (unpaired) electrons. The Hall–Kier alpha value is -0.160. The van der Waals surface area contributed by atoms with E-state index in [-0.39, 0.29) is 0 Å². The molecule has 132 valence electrons. The molecule has 1 N–H and O–H groups in total. The molecule has 0 aliphatic carbocycles. The fourth-order valence-corrected chi connectivity index (χ4v) is 1.14. The molecule has 0 saturated carbocycles. The summed E-state index contributed by atoms with van der Waals surface area (Å²) in [5.41, 5.74) is 0. The van der Waals surface area contributed by atoms with Crippen LogP contribution in [0.5, 0.6) is 0 Å². The van der Waals surface area contributed by atoms with Crippen LogP contribution < -0.4 is 5.32 Å². The Bertz CT molecular complexity index is 121. The summed E-state index contributed by atoms with van der Waals surface area (Å²) < 4.78 is 16.1. The van der Waals surface area contributed by atoms with Crippen LogP contribution >= 0.6 is 0 Å². The minimum atomic E-state index is 0.663. The van der Waals surface area contributed by atoms with Crippen molar-refractivity contribution >= 4 is 0 Å². The molecule has 0 aromatic rings. The number of rotatable bonds is 13. The predicted octanol–water partition coefficient (Wildman–Crippen LogP) is 3.89. The highest BCUT2D eigenvalue weighted by Crippen LogP contribution is 1.88. The Morgan fingerprint density at radius 3 is 1.43 bits per heavy atom. The molecule has 0 saturated heterocycles. The highest BCUT2D eigenvalue weighted by atomic mass is 16.5. The first-order valence-electron chi connectivity index (χ1n) is 8.71. The van der Waals surface area contributed by atoms with E-state index >= 15 is 0 Å². The quantitative estimate of drug-likeness (QED) is 0.524. The third-order valence-corrected chi connectivity index (χ3v) is 2.10. The van der Waals surface area contributed by atoms with Gasteiger partial charge in [-0.15, -0.1) is 0 Å². The van der Waals surface area contributed by atoms with E-state index in [4.69, 9.17) is 14.2 Å². The molecular formula is C17H41NO3. The van der Waals surface area contributed by atoms with Gasteiger partial charge in [0.05, 0.1) is 26.4 Å². The van der Waals surface area contributed by atoms with Gasteiger partial charge in [0.15, 0.2) is 0 Å². The molecule has 0 amide bonds. The normalized spacial score (nSPS) is 9.43. The van der Waals surface area contributed by atoms with Crippen LogP contribution in [-0.4, -0.2) is 53.2 Å². The summed E-state index contributed by atoms with van der Waals surface area (Å²) >= 11 is 0. The lowest BCUT2D eigenvalue weighted by atomic mass is 10.4. The number of ether oxygens (including phenoxy) is 3. The van der Waals surface area contributed by atoms with E-state index in [2.05, 4.69) is 26.1 Å². The lowest BCUT2D eigenvalue weighted by Crippen LogP contribution is -2.13. The van der Waals surface area contributed by atoms with Crippen LogP contribution in [0.4, 0.5) is 0 Å². The fraction of sp³-hybridized carbons (Fsp3) is 1.00. The smallest absolute Gasteiger partial charge is 0.0701 e. The van der Waals surface area contributed by atoms with Crippen LogP contribution in [0.2, 0.25) is 0 Å². The van der Waals surface area contributed by atoms with Gasteiger partial charge in [-0.2, -0.15) is 0 Å². The lowest BCUT2D eigenvalue weighted by molar-refractivity contribution is 0.0138. The van der Waals surface area contributed by atoms with Gasteiger partial charge in [0.1, 0.15) is 0 Å². The molecule has 4 heteroatoms. The second-order valence-electron chi connectivity index (χ2n) is 4.35. The summed E-state index contributed by atoms with van der Waals surface area (Å²) in [5.74, 6) is 0. The molecular weight excluding hydrogens is 266 g/mol. The molecule has 0 aromatic carbocycles. The molecule has 0 aliphatic heterocycles. The van der Waals surface area contributed by atoms with Crippen LogP contribution in [0.25, 0.3) is 0 Å². The number of hydrogen-bond donors (Lipinski definition) is 1. The average molecular weight is 308 g/mol. The minimum Gasteiger partial charge on any atom is -0.379 e. The van der Waals surface area contributed by atoms with Crippen molar-refractivity contribution in [1.82, 2.24) is 5.32 Å². The molecule has 0 bridgehead atoms. The number of unbranched alkanes of at least 4 members (excludes halogenated alkanes) is 1. The molecule has 0 aromatic heterocycles. The number of hydrogen-bond acceptors (Lipinski definition) is 4. The maximum absolute atomic E-state index is 5.38. The van der Waals surface area contributed by atoms with Crippen molar-refractivity contribution < 1.29 is 14.2 Å². The monoisotopic (exact) mass is 307 g/mol. The van der Waals surface area contributed by atoms with E-state index in [1.165, 1.54) is 12.8 Å². The third kappa shape index (κ3) is 38.3. The largest absolute Gasteiger partial charge is 0.379 e. The Balaban J connectivity index is -0.000000569. The summed E-state index contributed by atoms with van der Waals surface area (Å²) in [5, 5.41) is 3.08. The van der Waals surface area contributed by atoms with E-state index in [1.54, 1.807) is 0 Å². The van der Waals surface area contributed by atoms with E-state index in [9.17, 15) is 0 Å². The zero-order valence-electron chi connectivity index (χ0n) is 15.5. The second kappa shape index (κ2) is 32.0. The summed E-state index contributed by atoms with van der Waals surface area (Å²) in [6, 6.07) is 0. The van der Waals surface area contributed by atoms with Crippen molar-refractivity contribution in [3.63, 3.8) is 0 Å².